The number of benzene rings is 1. The Morgan fingerprint density at radius 1 is 1.12 bits per heavy atom. The predicted octanol–water partition coefficient (Wildman–Crippen LogP) is 3.92. The lowest BCUT2D eigenvalue weighted by Crippen LogP contribution is -2.07. The lowest BCUT2D eigenvalue weighted by Gasteiger charge is -2.19. The third-order valence-corrected chi connectivity index (χ3v) is 4.41. The number of esters is 1. The maximum absolute atomic E-state index is 12.0. The maximum atomic E-state index is 12.0. The van der Waals surface area contributed by atoms with Gasteiger partial charge in [-0.2, -0.15) is 0 Å². The molecule has 1 rings (SSSR count). The number of rotatable bonds is 8. The number of carbonyl (C=O) groups is 2. The summed E-state index contributed by atoms with van der Waals surface area (Å²) in [7, 11) is 2.93. The van der Waals surface area contributed by atoms with Gasteiger partial charge < -0.3 is 14.6 Å². The van der Waals surface area contributed by atoms with E-state index in [0.29, 0.717) is 42.6 Å². The Morgan fingerprint density at radius 3 is 2.24 bits per heavy atom. The molecule has 0 saturated carbocycles. The molecule has 0 aliphatic carbocycles. The van der Waals surface area contributed by atoms with Crippen molar-refractivity contribution in [2.45, 2.75) is 53.4 Å². The highest BCUT2D eigenvalue weighted by Crippen LogP contribution is 2.39. The zero-order valence-corrected chi connectivity index (χ0v) is 16.0. The van der Waals surface area contributed by atoms with Gasteiger partial charge in [-0.05, 0) is 51.2 Å². The molecule has 5 heteroatoms. The van der Waals surface area contributed by atoms with Crippen LogP contribution < -0.4 is 4.74 Å². The summed E-state index contributed by atoms with van der Waals surface area (Å²) < 4.78 is 10.1. The van der Waals surface area contributed by atoms with E-state index in [4.69, 9.17) is 4.74 Å². The third-order valence-electron chi connectivity index (χ3n) is 4.41. The van der Waals surface area contributed by atoms with Crippen LogP contribution in [-0.4, -0.2) is 31.1 Å². The van der Waals surface area contributed by atoms with Crippen LogP contribution in [0.15, 0.2) is 11.6 Å². The normalized spacial score (nSPS) is 11.4. The molecule has 0 amide bonds. The zero-order valence-electron chi connectivity index (χ0n) is 16.0. The van der Waals surface area contributed by atoms with Crippen LogP contribution in [0.3, 0.4) is 0 Å². The van der Waals surface area contributed by atoms with Gasteiger partial charge in [0.15, 0.2) is 5.78 Å². The molecule has 0 unspecified atom stereocenters. The number of carbonyl (C=O) groups excluding carboxylic acids is 2. The van der Waals surface area contributed by atoms with Crippen molar-refractivity contribution in [1.29, 1.82) is 0 Å². The van der Waals surface area contributed by atoms with Gasteiger partial charge in [-0.1, -0.05) is 18.6 Å². The Hall–Kier alpha value is -2.30. The Morgan fingerprint density at radius 2 is 1.76 bits per heavy atom. The molecule has 0 atom stereocenters. The van der Waals surface area contributed by atoms with Gasteiger partial charge >= 0.3 is 5.97 Å². The van der Waals surface area contributed by atoms with Crippen molar-refractivity contribution in [3.63, 3.8) is 0 Å². The minimum atomic E-state index is -0.254. The molecule has 0 spiro atoms. The Bertz CT molecular complexity index is 686. The van der Waals surface area contributed by atoms with Crippen molar-refractivity contribution < 1.29 is 24.2 Å². The molecule has 0 aliphatic rings. The fourth-order valence-electron chi connectivity index (χ4n) is 3.02. The largest absolute Gasteiger partial charge is 0.507 e. The minimum Gasteiger partial charge on any atom is -0.507 e. The smallest absolute Gasteiger partial charge is 0.305 e. The maximum Gasteiger partial charge on any atom is 0.305 e. The highest BCUT2D eigenvalue weighted by molar-refractivity contribution is 5.99. The van der Waals surface area contributed by atoms with Gasteiger partial charge in [-0.15, -0.1) is 0 Å². The number of allylic oxidation sites excluding steroid dienone is 2. The highest BCUT2D eigenvalue weighted by Gasteiger charge is 2.23. The standard InChI is InChI=1S/C20H28O5/c1-7-15-13(3)20(25-6)16(19(23)18(15)14(4)21)10-8-12(2)9-11-17(22)24-5/h8,23H,7,9-11H2,1-6H3/b12-8+. The van der Waals surface area contributed by atoms with Gasteiger partial charge in [0.1, 0.15) is 11.5 Å². The van der Waals surface area contributed by atoms with E-state index in [2.05, 4.69) is 4.74 Å². The molecule has 138 valence electrons. The zero-order chi connectivity index (χ0) is 19.1. The number of Topliss-reactive ketones (excluding diaryl/α,β-unsaturated/α-hetero) is 1. The van der Waals surface area contributed by atoms with Crippen molar-refractivity contribution in [1.82, 2.24) is 0 Å². The first kappa shape index (κ1) is 20.7. The first-order valence-corrected chi connectivity index (χ1v) is 8.42. The number of methoxy groups -OCH3 is 2. The Balaban J connectivity index is 3.26. The van der Waals surface area contributed by atoms with Crippen molar-refractivity contribution in [2.24, 2.45) is 0 Å². The van der Waals surface area contributed by atoms with E-state index in [1.54, 1.807) is 7.11 Å². The average Bonchev–Trinajstić information content (AvgIpc) is 2.58. The van der Waals surface area contributed by atoms with Gasteiger partial charge in [0.2, 0.25) is 0 Å². The van der Waals surface area contributed by atoms with Crippen LogP contribution >= 0.6 is 0 Å². The summed E-state index contributed by atoms with van der Waals surface area (Å²) in [5.41, 5.74) is 3.67. The van der Waals surface area contributed by atoms with Crippen molar-refractivity contribution in [3.05, 3.63) is 33.9 Å². The molecule has 1 aromatic rings. The molecule has 0 aromatic heterocycles. The summed E-state index contributed by atoms with van der Waals surface area (Å²) in [6.45, 7) is 7.23. The molecular formula is C20H28O5. The molecule has 5 nitrogen and oxygen atoms in total. The van der Waals surface area contributed by atoms with Gasteiger partial charge in [-0.25, -0.2) is 0 Å². The predicted molar refractivity (Wildman–Crippen MR) is 97.5 cm³/mol. The minimum absolute atomic E-state index is 0.0104. The van der Waals surface area contributed by atoms with Crippen molar-refractivity contribution >= 4 is 11.8 Å². The van der Waals surface area contributed by atoms with Crippen LogP contribution in [0.1, 0.15) is 60.7 Å². The third kappa shape index (κ3) is 4.84. The van der Waals surface area contributed by atoms with Crippen LogP contribution in [0.5, 0.6) is 11.5 Å². The second kappa shape index (κ2) is 9.25. The molecule has 0 heterocycles. The van der Waals surface area contributed by atoms with E-state index in [0.717, 1.165) is 16.7 Å². The lowest BCUT2D eigenvalue weighted by atomic mass is 9.90. The Labute approximate surface area is 149 Å². The highest BCUT2D eigenvalue weighted by atomic mass is 16.5. The van der Waals surface area contributed by atoms with Crippen molar-refractivity contribution in [3.8, 4) is 11.5 Å². The van der Waals surface area contributed by atoms with Crippen LogP contribution in [0.4, 0.5) is 0 Å². The lowest BCUT2D eigenvalue weighted by molar-refractivity contribution is -0.140. The van der Waals surface area contributed by atoms with Crippen molar-refractivity contribution in [2.75, 3.05) is 14.2 Å². The number of aromatic hydroxyl groups is 1. The monoisotopic (exact) mass is 348 g/mol. The number of ketones is 1. The second-order valence-electron chi connectivity index (χ2n) is 6.08. The van der Waals surface area contributed by atoms with E-state index < -0.39 is 0 Å². The quantitative estimate of drug-likeness (QED) is 0.438. The number of ether oxygens (including phenoxy) is 2. The summed E-state index contributed by atoms with van der Waals surface area (Å²) >= 11 is 0. The molecule has 1 aromatic carbocycles. The van der Waals surface area contributed by atoms with E-state index in [1.165, 1.54) is 14.0 Å². The molecule has 0 saturated heterocycles. The fraction of sp³-hybridized carbons (Fsp3) is 0.500. The molecule has 0 radical (unpaired) electrons. The van der Waals surface area contributed by atoms with Crippen LogP contribution in [0.25, 0.3) is 0 Å². The summed E-state index contributed by atoms with van der Waals surface area (Å²) in [6, 6.07) is 0. The van der Waals surface area contributed by atoms with Gasteiger partial charge in [-0.3, -0.25) is 9.59 Å². The van der Waals surface area contributed by atoms with E-state index in [-0.39, 0.29) is 17.5 Å². The number of phenolic OH excluding ortho intramolecular Hbond substituents is 1. The van der Waals surface area contributed by atoms with Gasteiger partial charge in [0.25, 0.3) is 0 Å². The first-order valence-electron chi connectivity index (χ1n) is 8.42. The van der Waals surface area contributed by atoms with E-state index in [9.17, 15) is 14.7 Å². The summed E-state index contributed by atoms with van der Waals surface area (Å²) in [6.07, 6.45) is 3.90. The van der Waals surface area contributed by atoms with E-state index >= 15 is 0 Å². The second-order valence-corrected chi connectivity index (χ2v) is 6.08. The van der Waals surface area contributed by atoms with E-state index in [1.807, 2.05) is 26.8 Å². The number of hydrogen-bond donors (Lipinski definition) is 1. The fourth-order valence-corrected chi connectivity index (χ4v) is 3.02. The number of phenols is 1. The average molecular weight is 348 g/mol. The SMILES string of the molecule is CCc1c(C)c(OC)c(C/C=C(\C)CCC(=O)OC)c(O)c1C(C)=O. The molecule has 0 bridgehead atoms. The number of hydrogen-bond acceptors (Lipinski definition) is 5. The molecular weight excluding hydrogens is 320 g/mol. The summed E-state index contributed by atoms with van der Waals surface area (Å²) in [5.74, 6) is 0.183. The molecule has 25 heavy (non-hydrogen) atoms. The van der Waals surface area contributed by atoms with Gasteiger partial charge in [0, 0.05) is 12.0 Å². The van der Waals surface area contributed by atoms with Crippen LogP contribution in [-0.2, 0) is 22.4 Å². The van der Waals surface area contributed by atoms with Gasteiger partial charge in [0.05, 0.1) is 19.8 Å². The summed E-state index contributed by atoms with van der Waals surface area (Å²) in [5, 5.41) is 10.7. The van der Waals surface area contributed by atoms with Crippen LogP contribution in [0.2, 0.25) is 0 Å². The first-order chi connectivity index (χ1) is 11.8. The molecule has 1 N–H and O–H groups in total. The Kier molecular flexibility index (Phi) is 7.68. The molecule has 0 fully saturated rings. The van der Waals surface area contributed by atoms with Crippen LogP contribution in [0, 0.1) is 6.92 Å². The molecule has 0 aliphatic heterocycles. The topological polar surface area (TPSA) is 72.8 Å². The summed E-state index contributed by atoms with van der Waals surface area (Å²) in [4.78, 5) is 23.3.